The van der Waals surface area contributed by atoms with Crippen LogP contribution in [0.2, 0.25) is 0 Å². The standard InChI is InChI=1S/C15H14N4/c1-19-9-11(10-4-2-3-5-14(10)19)12-8-13-15(18-12)17-7-6-16-13/h2-7,9,12H,8H2,1H3,(H,17,18). The molecule has 0 saturated carbocycles. The molecule has 0 saturated heterocycles. The zero-order valence-corrected chi connectivity index (χ0v) is 10.7. The molecule has 0 aliphatic carbocycles. The lowest BCUT2D eigenvalue weighted by molar-refractivity contribution is 0.807. The van der Waals surface area contributed by atoms with E-state index >= 15 is 0 Å². The minimum absolute atomic E-state index is 0.267. The van der Waals surface area contributed by atoms with Gasteiger partial charge >= 0.3 is 0 Å². The van der Waals surface area contributed by atoms with E-state index in [9.17, 15) is 0 Å². The third-order valence-corrected chi connectivity index (χ3v) is 3.79. The van der Waals surface area contributed by atoms with Crippen molar-refractivity contribution < 1.29 is 0 Å². The first-order valence-electron chi connectivity index (χ1n) is 6.43. The zero-order valence-electron chi connectivity index (χ0n) is 10.7. The van der Waals surface area contributed by atoms with Crippen molar-refractivity contribution in [2.75, 3.05) is 5.32 Å². The van der Waals surface area contributed by atoms with Gasteiger partial charge in [-0.25, -0.2) is 4.98 Å². The molecule has 4 heteroatoms. The number of fused-ring (bicyclic) bond motifs is 2. The van der Waals surface area contributed by atoms with Crippen molar-refractivity contribution in [1.29, 1.82) is 0 Å². The number of hydrogen-bond donors (Lipinski definition) is 1. The summed E-state index contributed by atoms with van der Waals surface area (Å²) in [6.07, 6.45) is 6.59. The fraction of sp³-hybridized carbons (Fsp3) is 0.200. The maximum absolute atomic E-state index is 4.39. The van der Waals surface area contributed by atoms with E-state index < -0.39 is 0 Å². The highest BCUT2D eigenvalue weighted by molar-refractivity contribution is 5.85. The van der Waals surface area contributed by atoms with Crippen molar-refractivity contribution in [2.24, 2.45) is 7.05 Å². The van der Waals surface area contributed by atoms with Gasteiger partial charge in [-0.15, -0.1) is 0 Å². The number of hydrogen-bond acceptors (Lipinski definition) is 3. The lowest BCUT2D eigenvalue weighted by Crippen LogP contribution is -2.05. The molecule has 1 aliphatic heterocycles. The minimum Gasteiger partial charge on any atom is -0.361 e. The molecule has 1 N–H and O–H groups in total. The van der Waals surface area contributed by atoms with Crippen molar-refractivity contribution >= 4 is 16.7 Å². The number of nitrogens with zero attached hydrogens (tertiary/aromatic N) is 3. The summed E-state index contributed by atoms with van der Waals surface area (Å²) in [5.41, 5.74) is 3.63. The average molecular weight is 250 g/mol. The molecule has 0 bridgehead atoms. The number of nitrogens with one attached hydrogen (secondary N) is 1. The van der Waals surface area contributed by atoms with Gasteiger partial charge < -0.3 is 9.88 Å². The Bertz CT molecular complexity index is 735. The lowest BCUT2D eigenvalue weighted by Gasteiger charge is -2.09. The van der Waals surface area contributed by atoms with Gasteiger partial charge in [0.2, 0.25) is 0 Å². The number of anilines is 1. The highest BCUT2D eigenvalue weighted by atomic mass is 15.1. The molecule has 1 aliphatic rings. The van der Waals surface area contributed by atoms with Gasteiger partial charge in [-0.2, -0.15) is 0 Å². The van der Waals surface area contributed by atoms with E-state index in [2.05, 4.69) is 57.4 Å². The van der Waals surface area contributed by atoms with Crippen molar-refractivity contribution in [3.05, 3.63) is 54.1 Å². The summed E-state index contributed by atoms with van der Waals surface area (Å²) < 4.78 is 2.18. The van der Waals surface area contributed by atoms with E-state index in [1.807, 2.05) is 0 Å². The van der Waals surface area contributed by atoms with E-state index in [0.717, 1.165) is 17.9 Å². The molecule has 0 fully saturated rings. The molecule has 4 nitrogen and oxygen atoms in total. The van der Waals surface area contributed by atoms with Gasteiger partial charge in [-0.05, 0) is 6.07 Å². The molecular formula is C15H14N4. The monoisotopic (exact) mass is 250 g/mol. The third-order valence-electron chi connectivity index (χ3n) is 3.79. The van der Waals surface area contributed by atoms with Crippen molar-refractivity contribution in [3.8, 4) is 0 Å². The largest absolute Gasteiger partial charge is 0.361 e. The number of rotatable bonds is 1. The van der Waals surface area contributed by atoms with Crippen LogP contribution in [0, 0.1) is 0 Å². The van der Waals surface area contributed by atoms with E-state index in [4.69, 9.17) is 0 Å². The summed E-state index contributed by atoms with van der Waals surface area (Å²) in [6.45, 7) is 0. The number of aromatic nitrogens is 3. The van der Waals surface area contributed by atoms with Crippen LogP contribution in [0.25, 0.3) is 10.9 Å². The molecule has 94 valence electrons. The Labute approximate surface area is 111 Å². The van der Waals surface area contributed by atoms with E-state index in [0.29, 0.717) is 0 Å². The SMILES string of the molecule is Cn1cc(C2Cc3nccnc3N2)c2ccccc21. The summed E-state index contributed by atoms with van der Waals surface area (Å²) in [7, 11) is 2.09. The van der Waals surface area contributed by atoms with E-state index in [1.165, 1.54) is 16.5 Å². The average Bonchev–Trinajstić information content (AvgIpc) is 3.01. The maximum atomic E-state index is 4.39. The molecule has 2 aromatic heterocycles. The number of para-hydroxylation sites is 1. The second-order valence-electron chi connectivity index (χ2n) is 4.97. The smallest absolute Gasteiger partial charge is 0.148 e. The number of aryl methyl sites for hydroxylation is 1. The molecule has 19 heavy (non-hydrogen) atoms. The normalized spacial score (nSPS) is 17.4. The summed E-state index contributed by atoms with van der Waals surface area (Å²) in [4.78, 5) is 8.73. The quantitative estimate of drug-likeness (QED) is 0.722. The Morgan fingerprint density at radius 3 is 2.95 bits per heavy atom. The maximum Gasteiger partial charge on any atom is 0.148 e. The van der Waals surface area contributed by atoms with Gasteiger partial charge in [0.1, 0.15) is 5.82 Å². The minimum atomic E-state index is 0.267. The van der Waals surface area contributed by atoms with Gasteiger partial charge in [0.25, 0.3) is 0 Å². The van der Waals surface area contributed by atoms with Gasteiger partial charge in [0.05, 0.1) is 11.7 Å². The Morgan fingerprint density at radius 1 is 1.21 bits per heavy atom. The van der Waals surface area contributed by atoms with Crippen molar-refractivity contribution in [1.82, 2.24) is 14.5 Å². The molecule has 3 aromatic rings. The topological polar surface area (TPSA) is 42.7 Å². The van der Waals surface area contributed by atoms with Crippen LogP contribution in [0.3, 0.4) is 0 Å². The first-order valence-corrected chi connectivity index (χ1v) is 6.43. The third kappa shape index (κ3) is 1.53. The Kier molecular flexibility index (Phi) is 2.12. The fourth-order valence-electron chi connectivity index (χ4n) is 2.88. The Hall–Kier alpha value is -2.36. The van der Waals surface area contributed by atoms with Crippen LogP contribution in [0.15, 0.2) is 42.9 Å². The zero-order chi connectivity index (χ0) is 12.8. The van der Waals surface area contributed by atoms with Crippen LogP contribution in [0.5, 0.6) is 0 Å². The van der Waals surface area contributed by atoms with Gasteiger partial charge in [0.15, 0.2) is 0 Å². The molecule has 0 spiro atoms. The van der Waals surface area contributed by atoms with Gasteiger partial charge in [-0.1, -0.05) is 18.2 Å². The molecule has 0 radical (unpaired) electrons. The van der Waals surface area contributed by atoms with E-state index in [1.54, 1.807) is 12.4 Å². The van der Waals surface area contributed by atoms with Crippen LogP contribution in [0.4, 0.5) is 5.82 Å². The molecule has 0 amide bonds. The first kappa shape index (κ1) is 10.6. The first-order chi connectivity index (χ1) is 9.33. The van der Waals surface area contributed by atoms with Crippen molar-refractivity contribution in [3.63, 3.8) is 0 Å². The second-order valence-corrected chi connectivity index (χ2v) is 4.97. The predicted molar refractivity (Wildman–Crippen MR) is 75.0 cm³/mol. The Balaban J connectivity index is 1.81. The number of benzene rings is 1. The molecular weight excluding hydrogens is 236 g/mol. The van der Waals surface area contributed by atoms with E-state index in [-0.39, 0.29) is 6.04 Å². The molecule has 4 rings (SSSR count). The van der Waals surface area contributed by atoms with Gasteiger partial charge in [0, 0.05) is 48.5 Å². The molecule has 1 atom stereocenters. The molecule has 1 aromatic carbocycles. The van der Waals surface area contributed by atoms with Crippen LogP contribution < -0.4 is 5.32 Å². The van der Waals surface area contributed by atoms with Crippen LogP contribution in [-0.2, 0) is 13.5 Å². The highest BCUT2D eigenvalue weighted by Crippen LogP contribution is 2.35. The molecule has 1 unspecified atom stereocenters. The molecule has 3 heterocycles. The fourth-order valence-corrected chi connectivity index (χ4v) is 2.88. The summed E-state index contributed by atoms with van der Waals surface area (Å²) in [6, 6.07) is 8.76. The summed E-state index contributed by atoms with van der Waals surface area (Å²) in [5, 5.41) is 4.77. The highest BCUT2D eigenvalue weighted by Gasteiger charge is 2.26. The van der Waals surface area contributed by atoms with Crippen molar-refractivity contribution in [2.45, 2.75) is 12.5 Å². The van der Waals surface area contributed by atoms with Crippen LogP contribution >= 0.6 is 0 Å². The van der Waals surface area contributed by atoms with Crippen LogP contribution in [-0.4, -0.2) is 14.5 Å². The summed E-state index contributed by atoms with van der Waals surface area (Å²) in [5.74, 6) is 0.917. The van der Waals surface area contributed by atoms with Gasteiger partial charge in [-0.3, -0.25) is 4.98 Å². The second kappa shape index (κ2) is 3.82. The Morgan fingerprint density at radius 2 is 2.05 bits per heavy atom. The summed E-state index contributed by atoms with van der Waals surface area (Å²) >= 11 is 0. The van der Waals surface area contributed by atoms with Crippen LogP contribution in [0.1, 0.15) is 17.3 Å². The predicted octanol–water partition coefficient (Wildman–Crippen LogP) is 2.68. The lowest BCUT2D eigenvalue weighted by atomic mass is 10.0.